The predicted octanol–water partition coefficient (Wildman–Crippen LogP) is 3.88. The molecule has 0 bridgehead atoms. The summed E-state index contributed by atoms with van der Waals surface area (Å²) in [5, 5.41) is 2.05. The molecule has 1 aliphatic heterocycles. The van der Waals surface area contributed by atoms with E-state index in [1.54, 1.807) is 11.3 Å². The molecule has 1 amide bonds. The Kier molecular flexibility index (Phi) is 4.90. The molecule has 1 atom stereocenters. The van der Waals surface area contributed by atoms with Gasteiger partial charge in [0.05, 0.1) is 12.6 Å². The molecule has 1 aromatic heterocycles. The molecular formula is C18H21NO2S. The number of rotatable bonds is 5. The summed E-state index contributed by atoms with van der Waals surface area (Å²) in [7, 11) is 0. The summed E-state index contributed by atoms with van der Waals surface area (Å²) < 4.78 is 5.72. The Morgan fingerprint density at radius 2 is 2.27 bits per heavy atom. The molecule has 3 rings (SSSR count). The molecule has 1 saturated heterocycles. The molecule has 2 aromatic rings. The molecule has 0 aliphatic carbocycles. The van der Waals surface area contributed by atoms with Crippen molar-refractivity contribution in [2.75, 3.05) is 13.2 Å². The third-order valence-electron chi connectivity index (χ3n) is 3.93. The molecular weight excluding hydrogens is 294 g/mol. The van der Waals surface area contributed by atoms with Crippen LogP contribution in [0.15, 0.2) is 41.8 Å². The summed E-state index contributed by atoms with van der Waals surface area (Å²) >= 11 is 1.69. The molecule has 4 heteroatoms. The van der Waals surface area contributed by atoms with Crippen molar-refractivity contribution >= 4 is 17.2 Å². The van der Waals surface area contributed by atoms with Crippen LogP contribution in [0.2, 0.25) is 0 Å². The molecule has 22 heavy (non-hydrogen) atoms. The Hall–Kier alpha value is -1.65. The van der Waals surface area contributed by atoms with Crippen LogP contribution in [-0.4, -0.2) is 30.1 Å². The lowest BCUT2D eigenvalue weighted by atomic mass is 10.1. The van der Waals surface area contributed by atoms with Gasteiger partial charge in [0.15, 0.2) is 0 Å². The van der Waals surface area contributed by atoms with Gasteiger partial charge in [-0.1, -0.05) is 23.8 Å². The fourth-order valence-corrected chi connectivity index (χ4v) is 3.52. The number of ether oxygens (including phenoxy) is 1. The van der Waals surface area contributed by atoms with Crippen LogP contribution in [0.1, 0.15) is 33.6 Å². The van der Waals surface area contributed by atoms with E-state index in [-0.39, 0.29) is 12.0 Å². The van der Waals surface area contributed by atoms with Crippen LogP contribution in [0.5, 0.6) is 0 Å². The molecule has 0 saturated carbocycles. The lowest BCUT2D eigenvalue weighted by Gasteiger charge is -2.25. The average Bonchev–Trinajstić information content (AvgIpc) is 3.19. The van der Waals surface area contributed by atoms with Crippen LogP contribution in [0.4, 0.5) is 0 Å². The van der Waals surface area contributed by atoms with Crippen LogP contribution in [-0.2, 0) is 11.3 Å². The van der Waals surface area contributed by atoms with Gasteiger partial charge in [-0.15, -0.1) is 11.3 Å². The fourth-order valence-electron chi connectivity index (χ4n) is 2.80. The van der Waals surface area contributed by atoms with E-state index in [4.69, 9.17) is 4.74 Å². The van der Waals surface area contributed by atoms with Gasteiger partial charge in [0.1, 0.15) is 0 Å². The smallest absolute Gasteiger partial charge is 0.254 e. The first-order valence-electron chi connectivity index (χ1n) is 7.72. The zero-order valence-corrected chi connectivity index (χ0v) is 13.6. The Morgan fingerprint density at radius 1 is 1.36 bits per heavy atom. The van der Waals surface area contributed by atoms with Crippen molar-refractivity contribution in [3.8, 4) is 0 Å². The normalized spacial score (nSPS) is 17.6. The highest BCUT2D eigenvalue weighted by molar-refractivity contribution is 7.09. The van der Waals surface area contributed by atoms with Gasteiger partial charge in [-0.25, -0.2) is 0 Å². The zero-order chi connectivity index (χ0) is 15.4. The van der Waals surface area contributed by atoms with Crippen LogP contribution >= 0.6 is 11.3 Å². The third-order valence-corrected chi connectivity index (χ3v) is 4.79. The maximum absolute atomic E-state index is 12.9. The van der Waals surface area contributed by atoms with E-state index in [0.29, 0.717) is 13.1 Å². The van der Waals surface area contributed by atoms with Gasteiger partial charge < -0.3 is 9.64 Å². The van der Waals surface area contributed by atoms with Gasteiger partial charge in [0, 0.05) is 23.6 Å². The fraction of sp³-hybridized carbons (Fsp3) is 0.389. The van der Waals surface area contributed by atoms with Crippen molar-refractivity contribution in [3.05, 3.63) is 57.8 Å². The van der Waals surface area contributed by atoms with E-state index in [2.05, 4.69) is 11.4 Å². The number of nitrogens with zero attached hydrogens (tertiary/aromatic N) is 1. The number of aryl methyl sites for hydroxylation is 1. The molecule has 116 valence electrons. The van der Waals surface area contributed by atoms with Crippen molar-refractivity contribution in [2.24, 2.45) is 0 Å². The summed E-state index contributed by atoms with van der Waals surface area (Å²) in [4.78, 5) is 16.0. The summed E-state index contributed by atoms with van der Waals surface area (Å²) in [6, 6.07) is 11.9. The van der Waals surface area contributed by atoms with E-state index in [1.165, 1.54) is 4.88 Å². The first-order valence-corrected chi connectivity index (χ1v) is 8.60. The molecule has 2 heterocycles. The summed E-state index contributed by atoms with van der Waals surface area (Å²) in [6.45, 7) is 4.16. The van der Waals surface area contributed by atoms with E-state index in [9.17, 15) is 4.79 Å². The highest BCUT2D eigenvalue weighted by Crippen LogP contribution is 2.19. The Labute approximate surface area is 135 Å². The van der Waals surface area contributed by atoms with Crippen molar-refractivity contribution in [3.63, 3.8) is 0 Å². The van der Waals surface area contributed by atoms with E-state index in [0.717, 1.165) is 30.6 Å². The lowest BCUT2D eigenvalue weighted by molar-refractivity contribution is 0.0509. The SMILES string of the molecule is Cc1cccc(C(=O)N(Cc2cccs2)CC2CCCO2)c1. The third kappa shape index (κ3) is 3.76. The highest BCUT2D eigenvalue weighted by Gasteiger charge is 2.23. The van der Waals surface area contributed by atoms with Gasteiger partial charge >= 0.3 is 0 Å². The van der Waals surface area contributed by atoms with Gasteiger partial charge in [-0.2, -0.15) is 0 Å². The number of carbonyl (C=O) groups is 1. The Morgan fingerprint density at radius 3 is 2.95 bits per heavy atom. The van der Waals surface area contributed by atoms with Crippen LogP contribution in [0.3, 0.4) is 0 Å². The molecule has 1 fully saturated rings. The maximum atomic E-state index is 12.9. The lowest BCUT2D eigenvalue weighted by Crippen LogP contribution is -2.36. The summed E-state index contributed by atoms with van der Waals surface area (Å²) in [6.07, 6.45) is 2.31. The van der Waals surface area contributed by atoms with E-state index >= 15 is 0 Å². The minimum Gasteiger partial charge on any atom is -0.376 e. The second-order valence-electron chi connectivity index (χ2n) is 5.77. The summed E-state index contributed by atoms with van der Waals surface area (Å²) in [5.41, 5.74) is 1.87. The number of thiophene rings is 1. The molecule has 3 nitrogen and oxygen atoms in total. The number of benzene rings is 1. The Balaban J connectivity index is 1.78. The largest absolute Gasteiger partial charge is 0.376 e. The predicted molar refractivity (Wildman–Crippen MR) is 89.2 cm³/mol. The standard InChI is InChI=1S/C18H21NO2S/c1-14-5-2-6-15(11-14)18(20)19(12-16-7-3-9-21-16)13-17-8-4-10-22-17/h2,4-6,8,10-11,16H,3,7,9,12-13H2,1H3. The molecule has 1 aliphatic rings. The van der Waals surface area contributed by atoms with Gasteiger partial charge in [-0.05, 0) is 43.3 Å². The molecule has 0 spiro atoms. The van der Waals surface area contributed by atoms with E-state index < -0.39 is 0 Å². The Bertz CT molecular complexity index is 618. The second-order valence-corrected chi connectivity index (χ2v) is 6.80. The van der Waals surface area contributed by atoms with E-state index in [1.807, 2.05) is 42.2 Å². The highest BCUT2D eigenvalue weighted by atomic mass is 32.1. The quantitative estimate of drug-likeness (QED) is 0.838. The van der Waals surface area contributed by atoms with Crippen LogP contribution in [0, 0.1) is 6.92 Å². The van der Waals surface area contributed by atoms with Crippen LogP contribution in [0.25, 0.3) is 0 Å². The van der Waals surface area contributed by atoms with Gasteiger partial charge in [0.25, 0.3) is 5.91 Å². The van der Waals surface area contributed by atoms with Crippen molar-refractivity contribution in [1.82, 2.24) is 4.90 Å². The topological polar surface area (TPSA) is 29.5 Å². The minimum atomic E-state index is 0.0904. The number of hydrogen-bond donors (Lipinski definition) is 0. The minimum absolute atomic E-state index is 0.0904. The van der Waals surface area contributed by atoms with Crippen molar-refractivity contribution in [1.29, 1.82) is 0 Å². The molecule has 1 unspecified atom stereocenters. The molecule has 0 N–H and O–H groups in total. The first kappa shape index (κ1) is 15.3. The summed E-state index contributed by atoms with van der Waals surface area (Å²) in [5.74, 6) is 0.0904. The first-order chi connectivity index (χ1) is 10.7. The maximum Gasteiger partial charge on any atom is 0.254 e. The molecule has 1 aromatic carbocycles. The zero-order valence-electron chi connectivity index (χ0n) is 12.8. The second kappa shape index (κ2) is 7.07. The van der Waals surface area contributed by atoms with Crippen molar-refractivity contribution in [2.45, 2.75) is 32.4 Å². The van der Waals surface area contributed by atoms with Crippen molar-refractivity contribution < 1.29 is 9.53 Å². The van der Waals surface area contributed by atoms with Crippen LogP contribution < -0.4 is 0 Å². The van der Waals surface area contributed by atoms with Gasteiger partial charge in [0.2, 0.25) is 0 Å². The number of amides is 1. The van der Waals surface area contributed by atoms with Gasteiger partial charge in [-0.3, -0.25) is 4.79 Å². The average molecular weight is 315 g/mol. The monoisotopic (exact) mass is 315 g/mol. The number of carbonyl (C=O) groups excluding carboxylic acids is 1. The molecule has 0 radical (unpaired) electrons. The number of hydrogen-bond acceptors (Lipinski definition) is 3.